The third-order valence-corrected chi connectivity index (χ3v) is 4.80. The molecule has 5 rings (SSSR count). The maximum absolute atomic E-state index is 5.13. The van der Waals surface area contributed by atoms with Crippen molar-refractivity contribution in [3.05, 3.63) is 54.3 Å². The van der Waals surface area contributed by atoms with Crippen LogP contribution in [0.5, 0.6) is 0 Å². The predicted molar refractivity (Wildman–Crippen MR) is 91.8 cm³/mol. The number of benzene rings is 2. The summed E-state index contributed by atoms with van der Waals surface area (Å²) in [4.78, 5) is 0.730. The number of rotatable bonds is 2. The molecule has 5 aromatic rings. The number of hydrogen-bond acceptors (Lipinski definition) is 6. The zero-order valence-corrected chi connectivity index (χ0v) is 13.5. The summed E-state index contributed by atoms with van der Waals surface area (Å²) in [5.74, 6) is 1.32. The van der Waals surface area contributed by atoms with Crippen molar-refractivity contribution in [2.24, 2.45) is 0 Å². The van der Waals surface area contributed by atoms with Gasteiger partial charge in [0, 0.05) is 11.6 Å². The lowest BCUT2D eigenvalue weighted by molar-refractivity contribution is 0.399. The molecule has 116 valence electrons. The molecule has 0 aliphatic heterocycles. The second-order valence-electron chi connectivity index (χ2n) is 5.47. The van der Waals surface area contributed by atoms with Gasteiger partial charge in [0.05, 0.1) is 0 Å². The molecule has 0 unspecified atom stereocenters. The normalized spacial score (nSPS) is 11.5. The number of fused-ring (bicyclic) bond motifs is 2. The standard InChI is InChI=1S/C17H11N5OS/c1-10-9-14(21-23-10)15-18-19-17-22(15)20-16(24-17)13-8-4-6-11-5-2-3-7-12(11)13/h2-9H,1H3. The van der Waals surface area contributed by atoms with Crippen molar-refractivity contribution in [2.45, 2.75) is 6.92 Å². The minimum Gasteiger partial charge on any atom is -0.361 e. The maximum Gasteiger partial charge on any atom is 0.235 e. The van der Waals surface area contributed by atoms with Crippen LogP contribution >= 0.6 is 11.3 Å². The summed E-state index contributed by atoms with van der Waals surface area (Å²) in [7, 11) is 0. The molecule has 0 bridgehead atoms. The fraction of sp³-hybridized carbons (Fsp3) is 0.0588. The van der Waals surface area contributed by atoms with Crippen LogP contribution in [0.15, 0.2) is 53.1 Å². The minimum absolute atomic E-state index is 0.588. The summed E-state index contributed by atoms with van der Waals surface area (Å²) < 4.78 is 6.85. The highest BCUT2D eigenvalue weighted by atomic mass is 32.1. The molecule has 2 aromatic carbocycles. The molecule has 0 saturated carbocycles. The van der Waals surface area contributed by atoms with E-state index < -0.39 is 0 Å². The van der Waals surface area contributed by atoms with Crippen molar-refractivity contribution in [1.82, 2.24) is 25.0 Å². The Morgan fingerprint density at radius 3 is 2.79 bits per heavy atom. The van der Waals surface area contributed by atoms with Crippen molar-refractivity contribution in [3.8, 4) is 22.1 Å². The van der Waals surface area contributed by atoms with E-state index in [0.29, 0.717) is 11.5 Å². The van der Waals surface area contributed by atoms with Crippen LogP contribution in [0.1, 0.15) is 5.76 Å². The predicted octanol–water partition coefficient (Wildman–Crippen LogP) is 3.97. The van der Waals surface area contributed by atoms with E-state index >= 15 is 0 Å². The first-order valence-electron chi connectivity index (χ1n) is 7.44. The van der Waals surface area contributed by atoms with E-state index in [2.05, 4.69) is 39.6 Å². The number of aromatic nitrogens is 5. The molecule has 0 fully saturated rings. The van der Waals surface area contributed by atoms with Crippen LogP contribution in [-0.2, 0) is 0 Å². The van der Waals surface area contributed by atoms with E-state index in [0.717, 1.165) is 21.3 Å². The Hall–Kier alpha value is -3.06. The highest BCUT2D eigenvalue weighted by Gasteiger charge is 2.17. The molecule has 3 aromatic heterocycles. The van der Waals surface area contributed by atoms with Gasteiger partial charge in [-0.25, -0.2) is 0 Å². The lowest BCUT2D eigenvalue weighted by Gasteiger charge is -2.02. The molecule has 0 aliphatic carbocycles. The minimum atomic E-state index is 0.588. The third kappa shape index (κ3) is 1.95. The first kappa shape index (κ1) is 13.4. The first-order chi connectivity index (χ1) is 11.8. The van der Waals surface area contributed by atoms with Crippen LogP contribution in [0, 0.1) is 6.92 Å². The van der Waals surface area contributed by atoms with Crippen LogP contribution in [-0.4, -0.2) is 25.0 Å². The topological polar surface area (TPSA) is 69.1 Å². The molecule has 24 heavy (non-hydrogen) atoms. The molecule has 3 heterocycles. The number of hydrogen-bond donors (Lipinski definition) is 0. The van der Waals surface area contributed by atoms with Gasteiger partial charge in [-0.3, -0.25) is 0 Å². The quantitative estimate of drug-likeness (QED) is 0.489. The Labute approximate surface area is 140 Å². The van der Waals surface area contributed by atoms with Crippen LogP contribution < -0.4 is 0 Å². The van der Waals surface area contributed by atoms with Crippen LogP contribution in [0.3, 0.4) is 0 Å². The fourth-order valence-corrected chi connectivity index (χ4v) is 3.65. The number of aryl methyl sites for hydroxylation is 1. The van der Waals surface area contributed by atoms with Gasteiger partial charge in [0.15, 0.2) is 5.69 Å². The Kier molecular flexibility index (Phi) is 2.77. The second-order valence-corrected chi connectivity index (χ2v) is 6.43. The Morgan fingerprint density at radius 1 is 1.04 bits per heavy atom. The molecule has 0 spiro atoms. The van der Waals surface area contributed by atoms with Crippen molar-refractivity contribution >= 4 is 27.1 Å². The SMILES string of the molecule is Cc1cc(-c2nnc3sc(-c4cccc5ccccc45)nn23)no1. The van der Waals surface area contributed by atoms with Crippen LogP contribution in [0.2, 0.25) is 0 Å². The fourth-order valence-electron chi connectivity index (χ4n) is 2.77. The van der Waals surface area contributed by atoms with Gasteiger partial charge in [-0.15, -0.1) is 10.2 Å². The summed E-state index contributed by atoms with van der Waals surface area (Å²) >= 11 is 1.51. The van der Waals surface area contributed by atoms with Gasteiger partial charge in [0.1, 0.15) is 10.8 Å². The van der Waals surface area contributed by atoms with Gasteiger partial charge in [0.25, 0.3) is 0 Å². The van der Waals surface area contributed by atoms with Gasteiger partial charge >= 0.3 is 0 Å². The number of nitrogens with zero attached hydrogens (tertiary/aromatic N) is 5. The molecule has 6 nitrogen and oxygen atoms in total. The van der Waals surface area contributed by atoms with Crippen LogP contribution in [0.25, 0.3) is 37.8 Å². The maximum atomic E-state index is 5.13. The van der Waals surface area contributed by atoms with E-state index in [1.54, 1.807) is 4.52 Å². The van der Waals surface area contributed by atoms with E-state index in [1.165, 1.54) is 22.1 Å². The Morgan fingerprint density at radius 2 is 1.92 bits per heavy atom. The second kappa shape index (κ2) is 4.97. The zero-order chi connectivity index (χ0) is 16.1. The average Bonchev–Trinajstić information content (AvgIpc) is 3.29. The largest absolute Gasteiger partial charge is 0.361 e. The van der Waals surface area contributed by atoms with E-state index in [1.807, 2.05) is 31.2 Å². The monoisotopic (exact) mass is 333 g/mol. The highest BCUT2D eigenvalue weighted by Crippen LogP contribution is 2.32. The molecule has 0 saturated heterocycles. The smallest absolute Gasteiger partial charge is 0.235 e. The molecular weight excluding hydrogens is 322 g/mol. The van der Waals surface area contributed by atoms with E-state index in [-0.39, 0.29) is 0 Å². The molecule has 0 atom stereocenters. The van der Waals surface area contributed by atoms with Gasteiger partial charge in [-0.2, -0.15) is 9.61 Å². The molecule has 0 aliphatic rings. The van der Waals surface area contributed by atoms with Crippen LogP contribution in [0.4, 0.5) is 0 Å². The lowest BCUT2D eigenvalue weighted by Crippen LogP contribution is -1.91. The van der Waals surface area contributed by atoms with Gasteiger partial charge in [0.2, 0.25) is 10.8 Å². The molecule has 0 N–H and O–H groups in total. The average molecular weight is 333 g/mol. The third-order valence-electron chi connectivity index (χ3n) is 3.87. The summed E-state index contributed by atoms with van der Waals surface area (Å²) in [6, 6.07) is 16.3. The van der Waals surface area contributed by atoms with Gasteiger partial charge in [-0.1, -0.05) is 59.0 Å². The van der Waals surface area contributed by atoms with Gasteiger partial charge in [-0.05, 0) is 17.7 Å². The van der Waals surface area contributed by atoms with Crippen molar-refractivity contribution in [3.63, 3.8) is 0 Å². The summed E-state index contributed by atoms with van der Waals surface area (Å²) in [6.45, 7) is 1.84. The lowest BCUT2D eigenvalue weighted by atomic mass is 10.1. The van der Waals surface area contributed by atoms with Crippen molar-refractivity contribution in [2.75, 3.05) is 0 Å². The van der Waals surface area contributed by atoms with Crippen molar-refractivity contribution < 1.29 is 4.52 Å². The van der Waals surface area contributed by atoms with Crippen molar-refractivity contribution in [1.29, 1.82) is 0 Å². The van der Waals surface area contributed by atoms with Gasteiger partial charge < -0.3 is 4.52 Å². The molecule has 0 amide bonds. The summed E-state index contributed by atoms with van der Waals surface area (Å²) in [5.41, 5.74) is 1.72. The first-order valence-corrected chi connectivity index (χ1v) is 8.25. The summed E-state index contributed by atoms with van der Waals surface area (Å²) in [6.07, 6.45) is 0. The molecular formula is C17H11N5OS. The molecule has 0 radical (unpaired) electrons. The van der Waals surface area contributed by atoms with E-state index in [9.17, 15) is 0 Å². The van der Waals surface area contributed by atoms with E-state index in [4.69, 9.17) is 9.62 Å². The highest BCUT2D eigenvalue weighted by molar-refractivity contribution is 7.19. The zero-order valence-electron chi connectivity index (χ0n) is 12.7. The summed E-state index contributed by atoms with van der Waals surface area (Å²) in [5, 5.41) is 20.4. The Bertz CT molecular complexity index is 1180. The molecule has 7 heteroatoms. The Balaban J connectivity index is 1.72.